The quantitative estimate of drug-likeness (QED) is 0.647. The van der Waals surface area contributed by atoms with E-state index in [1.54, 1.807) is 6.07 Å². The molecular weight excluding hydrogens is 329 g/mol. The van der Waals surface area contributed by atoms with Crippen molar-refractivity contribution in [3.8, 4) is 6.07 Å². The summed E-state index contributed by atoms with van der Waals surface area (Å²) in [5, 5.41) is 22.7. The monoisotopic (exact) mass is 349 g/mol. The van der Waals surface area contributed by atoms with Gasteiger partial charge in [0, 0.05) is 19.3 Å². The van der Waals surface area contributed by atoms with Crippen molar-refractivity contribution in [1.82, 2.24) is 10.6 Å². The van der Waals surface area contributed by atoms with Crippen LogP contribution in [0.1, 0.15) is 25.8 Å². The molecule has 25 heavy (non-hydrogen) atoms. The van der Waals surface area contributed by atoms with Crippen molar-refractivity contribution in [2.45, 2.75) is 38.8 Å². The third-order valence-corrected chi connectivity index (χ3v) is 3.50. The second-order valence-corrected chi connectivity index (χ2v) is 5.71. The van der Waals surface area contributed by atoms with Crippen molar-refractivity contribution in [2.24, 2.45) is 5.92 Å². The Balaban J connectivity index is 2.92. The van der Waals surface area contributed by atoms with Crippen LogP contribution in [-0.2, 0) is 20.8 Å². The third-order valence-electron chi connectivity index (χ3n) is 3.50. The van der Waals surface area contributed by atoms with Gasteiger partial charge in [-0.1, -0.05) is 18.2 Å². The van der Waals surface area contributed by atoms with Gasteiger partial charge in [0.2, 0.25) is 11.8 Å². The first-order valence-electron chi connectivity index (χ1n) is 7.67. The Morgan fingerprint density at radius 1 is 1.24 bits per heavy atom. The highest BCUT2D eigenvalue weighted by Gasteiger charge is 2.27. The zero-order chi connectivity index (χ0) is 19.0. The summed E-state index contributed by atoms with van der Waals surface area (Å²) in [5.41, 5.74) is 0.216. The number of hydrogen-bond donors (Lipinski definition) is 3. The SMILES string of the molecule is CC(=O)N[C@@H](Cc1ccccc1F)C(=O)N[C@H](C[C@@H](C)C#N)C(=O)O. The number of amides is 2. The lowest BCUT2D eigenvalue weighted by Crippen LogP contribution is -2.52. The molecule has 0 saturated heterocycles. The van der Waals surface area contributed by atoms with E-state index in [0.29, 0.717) is 0 Å². The van der Waals surface area contributed by atoms with Crippen LogP contribution in [0.25, 0.3) is 0 Å². The van der Waals surface area contributed by atoms with E-state index < -0.39 is 41.6 Å². The van der Waals surface area contributed by atoms with Crippen molar-refractivity contribution < 1.29 is 23.9 Å². The second kappa shape index (κ2) is 9.37. The predicted molar refractivity (Wildman–Crippen MR) is 86.7 cm³/mol. The molecule has 0 aromatic heterocycles. The van der Waals surface area contributed by atoms with E-state index in [2.05, 4.69) is 10.6 Å². The number of nitrogens with one attached hydrogen (secondary N) is 2. The molecule has 0 saturated carbocycles. The normalized spacial score (nSPS) is 13.8. The van der Waals surface area contributed by atoms with Crippen LogP contribution < -0.4 is 10.6 Å². The first kappa shape index (κ1) is 20.1. The Morgan fingerprint density at radius 2 is 1.88 bits per heavy atom. The summed E-state index contributed by atoms with van der Waals surface area (Å²) < 4.78 is 13.8. The molecule has 134 valence electrons. The predicted octanol–water partition coefficient (Wildman–Crippen LogP) is 0.992. The van der Waals surface area contributed by atoms with Crippen molar-refractivity contribution in [1.29, 1.82) is 5.26 Å². The fourth-order valence-electron chi connectivity index (χ4n) is 2.24. The molecule has 0 unspecified atom stereocenters. The van der Waals surface area contributed by atoms with Crippen LogP contribution in [0.15, 0.2) is 24.3 Å². The summed E-state index contributed by atoms with van der Waals surface area (Å²) in [6.07, 6.45) is -0.206. The first-order valence-corrected chi connectivity index (χ1v) is 7.67. The van der Waals surface area contributed by atoms with Crippen LogP contribution in [0.3, 0.4) is 0 Å². The van der Waals surface area contributed by atoms with Crippen LogP contribution in [0.5, 0.6) is 0 Å². The second-order valence-electron chi connectivity index (χ2n) is 5.71. The summed E-state index contributed by atoms with van der Waals surface area (Å²) in [7, 11) is 0. The van der Waals surface area contributed by atoms with Crippen molar-refractivity contribution in [3.05, 3.63) is 35.6 Å². The molecule has 8 heteroatoms. The molecule has 1 rings (SSSR count). The summed E-state index contributed by atoms with van der Waals surface area (Å²) in [6.45, 7) is 2.74. The highest BCUT2D eigenvalue weighted by molar-refractivity contribution is 5.90. The van der Waals surface area contributed by atoms with Crippen molar-refractivity contribution in [2.75, 3.05) is 0 Å². The number of carboxylic acid groups (broad SMARTS) is 1. The van der Waals surface area contributed by atoms with Crippen LogP contribution in [0.4, 0.5) is 4.39 Å². The van der Waals surface area contributed by atoms with Crippen molar-refractivity contribution >= 4 is 17.8 Å². The Hall–Kier alpha value is -2.95. The van der Waals surface area contributed by atoms with Gasteiger partial charge >= 0.3 is 5.97 Å². The Labute approximate surface area is 144 Å². The number of benzene rings is 1. The number of aliphatic carboxylic acids is 1. The van der Waals surface area contributed by atoms with Gasteiger partial charge in [-0.05, 0) is 25.0 Å². The average Bonchev–Trinajstić information content (AvgIpc) is 2.54. The fourth-order valence-corrected chi connectivity index (χ4v) is 2.24. The molecule has 3 atom stereocenters. The van der Waals surface area contributed by atoms with Crippen molar-refractivity contribution in [3.63, 3.8) is 0 Å². The number of carbonyl (C=O) groups excluding carboxylic acids is 2. The molecule has 3 N–H and O–H groups in total. The molecule has 0 radical (unpaired) electrons. The zero-order valence-electron chi connectivity index (χ0n) is 14.0. The maximum Gasteiger partial charge on any atom is 0.326 e. The Bertz CT molecular complexity index is 687. The van der Waals surface area contributed by atoms with Gasteiger partial charge in [-0.25, -0.2) is 9.18 Å². The Morgan fingerprint density at radius 3 is 2.40 bits per heavy atom. The van der Waals surface area contributed by atoms with Crippen LogP contribution in [0, 0.1) is 23.1 Å². The smallest absolute Gasteiger partial charge is 0.326 e. The van der Waals surface area contributed by atoms with E-state index in [4.69, 9.17) is 5.26 Å². The minimum Gasteiger partial charge on any atom is -0.480 e. The number of nitrogens with zero attached hydrogens (tertiary/aromatic N) is 1. The number of nitriles is 1. The van der Waals surface area contributed by atoms with E-state index in [1.165, 1.54) is 32.0 Å². The molecule has 0 spiro atoms. The summed E-state index contributed by atoms with van der Waals surface area (Å²) in [5.74, 6) is -3.65. The van der Waals surface area contributed by atoms with Crippen LogP contribution in [0.2, 0.25) is 0 Å². The maximum atomic E-state index is 13.8. The molecule has 0 heterocycles. The number of carbonyl (C=O) groups is 3. The van der Waals surface area contributed by atoms with Gasteiger partial charge < -0.3 is 15.7 Å². The van der Waals surface area contributed by atoms with E-state index in [-0.39, 0.29) is 18.4 Å². The third kappa shape index (κ3) is 6.59. The number of halogens is 1. The highest BCUT2D eigenvalue weighted by Crippen LogP contribution is 2.11. The topological polar surface area (TPSA) is 119 Å². The molecule has 0 aliphatic heterocycles. The van der Waals surface area contributed by atoms with E-state index in [1.807, 2.05) is 6.07 Å². The summed E-state index contributed by atoms with van der Waals surface area (Å²) >= 11 is 0. The molecule has 0 fully saturated rings. The number of carboxylic acids is 1. The molecular formula is C17H20FN3O4. The van der Waals surface area contributed by atoms with E-state index in [0.717, 1.165) is 0 Å². The largest absolute Gasteiger partial charge is 0.480 e. The standard InChI is InChI=1S/C17H20FN3O4/c1-10(9-19)7-15(17(24)25)21-16(23)14(20-11(2)22)8-12-5-3-4-6-13(12)18/h3-6,10,14-15H,7-8H2,1-2H3,(H,20,22)(H,21,23)(H,24,25)/t10-,14+,15-/m1/s1. The zero-order valence-corrected chi connectivity index (χ0v) is 14.0. The molecule has 2 amide bonds. The lowest BCUT2D eigenvalue weighted by Gasteiger charge is -2.21. The number of hydrogen-bond acceptors (Lipinski definition) is 4. The van der Waals surface area contributed by atoms with E-state index in [9.17, 15) is 23.9 Å². The van der Waals surface area contributed by atoms with Gasteiger partial charge in [0.05, 0.1) is 6.07 Å². The van der Waals surface area contributed by atoms with Gasteiger partial charge in [-0.3, -0.25) is 9.59 Å². The van der Waals surface area contributed by atoms with Crippen LogP contribution >= 0.6 is 0 Å². The molecule has 0 aliphatic carbocycles. The molecule has 1 aromatic rings. The van der Waals surface area contributed by atoms with Gasteiger partial charge in [0.25, 0.3) is 0 Å². The average molecular weight is 349 g/mol. The van der Waals surface area contributed by atoms with Gasteiger partial charge in [0.1, 0.15) is 17.9 Å². The highest BCUT2D eigenvalue weighted by atomic mass is 19.1. The van der Waals surface area contributed by atoms with Gasteiger partial charge in [0.15, 0.2) is 0 Å². The summed E-state index contributed by atoms with van der Waals surface area (Å²) in [4.78, 5) is 35.0. The molecule has 1 aromatic carbocycles. The lowest BCUT2D eigenvalue weighted by molar-refractivity contribution is -0.142. The number of rotatable bonds is 8. The minimum atomic E-state index is -1.29. The van der Waals surface area contributed by atoms with Gasteiger partial charge in [-0.15, -0.1) is 0 Å². The van der Waals surface area contributed by atoms with Crippen LogP contribution in [-0.4, -0.2) is 35.0 Å². The molecule has 0 bridgehead atoms. The Kier molecular flexibility index (Phi) is 7.53. The maximum absolute atomic E-state index is 13.8. The minimum absolute atomic E-state index is 0.0793. The fraction of sp³-hybridized carbons (Fsp3) is 0.412. The molecule has 0 aliphatic rings. The lowest BCUT2D eigenvalue weighted by atomic mass is 10.0. The van der Waals surface area contributed by atoms with E-state index >= 15 is 0 Å². The van der Waals surface area contributed by atoms with Gasteiger partial charge in [-0.2, -0.15) is 5.26 Å². The first-order chi connectivity index (χ1) is 11.7. The molecule has 7 nitrogen and oxygen atoms in total. The summed E-state index contributed by atoms with van der Waals surface area (Å²) in [6, 6.07) is 5.28.